The fraction of sp³-hybridized carbons (Fsp3) is 0.101. The van der Waals surface area contributed by atoms with E-state index in [4.69, 9.17) is 10.5 Å². The second-order valence-electron chi connectivity index (χ2n) is 28.8. The number of para-hydroxylation sites is 1. The van der Waals surface area contributed by atoms with Crippen molar-refractivity contribution in [1.29, 1.82) is 10.5 Å². The van der Waals surface area contributed by atoms with E-state index in [1.54, 1.807) is 36.7 Å². The van der Waals surface area contributed by atoms with Crippen LogP contribution in [0.2, 0.25) is 0 Å². The van der Waals surface area contributed by atoms with Crippen molar-refractivity contribution in [3.8, 4) is 124 Å². The summed E-state index contributed by atoms with van der Waals surface area (Å²) in [7, 11) is 0. The summed E-state index contributed by atoms with van der Waals surface area (Å²) in [6, 6.07) is 122. The number of pyridine rings is 6. The number of aromatic nitrogens is 7. The van der Waals surface area contributed by atoms with Gasteiger partial charge in [0.2, 0.25) is 0 Å². The van der Waals surface area contributed by atoms with Crippen LogP contribution in [-0.2, 0) is 66.9 Å². The summed E-state index contributed by atoms with van der Waals surface area (Å²) in [5.74, 6) is 0. The minimum atomic E-state index is 0. The molecule has 0 aliphatic rings. The van der Waals surface area contributed by atoms with Gasteiger partial charge in [-0.3, -0.25) is 0 Å². The predicted octanol–water partition coefficient (Wildman–Crippen LogP) is 26.6. The van der Waals surface area contributed by atoms with E-state index >= 15 is 0 Å². The summed E-state index contributed by atoms with van der Waals surface area (Å²) < 4.78 is 2.34. The fourth-order valence-electron chi connectivity index (χ4n) is 15.0. The van der Waals surface area contributed by atoms with E-state index in [2.05, 4.69) is 261 Å². The van der Waals surface area contributed by atoms with Gasteiger partial charge in [0.1, 0.15) is 0 Å². The van der Waals surface area contributed by atoms with Gasteiger partial charge >= 0.3 is 0 Å². The Kier molecular flexibility index (Phi) is 33.0. The van der Waals surface area contributed by atoms with Gasteiger partial charge in [-0.1, -0.05) is 162 Å². The number of aryl methyl sites for hydroxylation is 10. The number of hydrogen-bond acceptors (Lipinski definition) is 8. The van der Waals surface area contributed by atoms with Crippen molar-refractivity contribution in [3.05, 3.63) is 432 Å². The summed E-state index contributed by atoms with van der Waals surface area (Å²) in [5, 5.41) is 20.3. The maximum Gasteiger partial charge on any atom is 0.0991 e. The molecule has 0 N–H and O–H groups in total. The Bertz CT molecular complexity index is 6100. The third-order valence-corrected chi connectivity index (χ3v) is 20.0. The molecule has 9 nitrogen and oxygen atoms in total. The van der Waals surface area contributed by atoms with E-state index in [0.717, 1.165) is 85.2 Å². The molecule has 0 fully saturated rings. The molecular formula is C109H87Ir3N9-6. The van der Waals surface area contributed by atoms with Gasteiger partial charge in [-0.05, 0) is 229 Å². The van der Waals surface area contributed by atoms with Crippen LogP contribution in [-0.4, -0.2) is 34.5 Å². The van der Waals surface area contributed by atoms with E-state index in [-0.39, 0.29) is 60.3 Å². The number of rotatable bonds is 11. The first-order valence-electron chi connectivity index (χ1n) is 39.2. The van der Waals surface area contributed by atoms with Gasteiger partial charge in [0.25, 0.3) is 0 Å². The van der Waals surface area contributed by atoms with E-state index in [1.165, 1.54) is 105 Å². The number of benzene rings is 11. The van der Waals surface area contributed by atoms with Crippen LogP contribution in [0.15, 0.2) is 334 Å². The van der Waals surface area contributed by atoms with Gasteiger partial charge in [0.05, 0.1) is 17.7 Å². The molecule has 18 rings (SSSR count). The van der Waals surface area contributed by atoms with Crippen LogP contribution in [0.4, 0.5) is 0 Å². The van der Waals surface area contributed by atoms with E-state index in [1.807, 2.05) is 189 Å². The average Bonchev–Trinajstić information content (AvgIpc) is 1.60. The summed E-state index contributed by atoms with van der Waals surface area (Å²) in [6.07, 6.45) is 11.2. The number of nitrogens with zero attached hydrogens (tertiary/aromatic N) is 9. The zero-order valence-electron chi connectivity index (χ0n) is 69.0. The molecule has 0 unspecified atom stereocenters. The molecule has 3 radical (unpaired) electrons. The Morgan fingerprint density at radius 1 is 0.281 bits per heavy atom. The molecule has 0 aliphatic carbocycles. The van der Waals surface area contributed by atoms with Crippen molar-refractivity contribution in [2.75, 3.05) is 0 Å². The van der Waals surface area contributed by atoms with Crippen LogP contribution in [0.1, 0.15) is 68.1 Å². The molecule has 0 amide bonds. The normalized spacial score (nSPS) is 10.2. The summed E-state index contributed by atoms with van der Waals surface area (Å²) in [4.78, 5) is 26.7. The van der Waals surface area contributed by atoms with Crippen molar-refractivity contribution in [2.24, 2.45) is 0 Å². The standard InChI is InChI=1S/3C20H18N.C19H15N2.C18H11N2.C12H7N2.3Ir/c3*1-14-11-15(2)20(16(3)12-14)18-9-10-19(21-13-18)17-7-5-4-6-8-17;1-2-21-18-9-4-3-7-15(18)16-13-14(10-11-19(16)21)17-8-5-6-12-20-17;19-13-14-5-3-6-15(11-14)16-7-4-8-17(12-16)18-9-1-2-10-20-18;13-9-10-4-3-5-11(8-10)12-6-1-2-7-14-12;;;/h3*4-7,9-13H,1-3H3;3-9,11-13H,2H2,1H3;1-7,9-12H;1-4,6-8H;;;/q6*-1;;;. The van der Waals surface area contributed by atoms with Gasteiger partial charge in [-0.25, -0.2) is 0 Å². The summed E-state index contributed by atoms with van der Waals surface area (Å²) >= 11 is 0. The molecule has 0 bridgehead atoms. The molecule has 0 atom stereocenters. The fourth-order valence-corrected chi connectivity index (χ4v) is 15.0. The quantitative estimate of drug-likeness (QED) is 0.117. The van der Waals surface area contributed by atoms with Crippen LogP contribution in [0, 0.1) is 121 Å². The van der Waals surface area contributed by atoms with Crippen molar-refractivity contribution in [2.45, 2.75) is 75.8 Å². The summed E-state index contributed by atoms with van der Waals surface area (Å²) in [5.41, 5.74) is 36.5. The smallest absolute Gasteiger partial charge is 0.0991 e. The van der Waals surface area contributed by atoms with Gasteiger partial charge in [-0.2, -0.15) is 10.5 Å². The number of fused-ring (bicyclic) bond motifs is 3. The van der Waals surface area contributed by atoms with E-state index in [0.29, 0.717) is 11.1 Å². The molecule has 0 spiro atoms. The van der Waals surface area contributed by atoms with Crippen molar-refractivity contribution >= 4 is 21.8 Å². The first-order chi connectivity index (χ1) is 57.6. The molecule has 7 heterocycles. The molecule has 121 heavy (non-hydrogen) atoms. The zero-order chi connectivity index (χ0) is 82.3. The van der Waals surface area contributed by atoms with Crippen molar-refractivity contribution in [3.63, 3.8) is 0 Å². The Balaban J connectivity index is 0.000000152. The van der Waals surface area contributed by atoms with Gasteiger partial charge < -0.3 is 34.5 Å². The monoisotopic (exact) mass is 2100 g/mol. The van der Waals surface area contributed by atoms with E-state index in [9.17, 15) is 0 Å². The third kappa shape index (κ3) is 23.3. The third-order valence-electron chi connectivity index (χ3n) is 20.0. The Morgan fingerprint density at radius 3 is 1.02 bits per heavy atom. The second-order valence-corrected chi connectivity index (χ2v) is 28.8. The molecule has 18 aromatic rings. The molecule has 11 aromatic carbocycles. The van der Waals surface area contributed by atoms with Gasteiger partial charge in [0, 0.05) is 110 Å². The van der Waals surface area contributed by atoms with Crippen LogP contribution in [0.3, 0.4) is 0 Å². The Morgan fingerprint density at radius 2 is 0.645 bits per heavy atom. The van der Waals surface area contributed by atoms with E-state index < -0.39 is 0 Å². The molecule has 7 aromatic heterocycles. The maximum absolute atomic E-state index is 8.98. The van der Waals surface area contributed by atoms with Crippen molar-refractivity contribution in [1.82, 2.24) is 34.5 Å². The van der Waals surface area contributed by atoms with Crippen LogP contribution < -0.4 is 0 Å². The molecule has 0 aliphatic heterocycles. The number of nitriles is 2. The average molecular weight is 2100 g/mol. The molecule has 0 saturated carbocycles. The SMILES string of the molecule is CCn1c2c[c-]c(-c3ccccn3)cc2c2ccccc21.Cc1cc(C)c(-c2ccc(-c3[c-]cccc3)nc2)c(C)c1.Cc1cc(C)c(-c2ccc(-c3[c-]cccc3)nc2)c(C)c1.Cc1cc(C)c(-c2ccc(-c3[c-]cccc3)nc2)c(C)c1.N#Cc1cc[c-]c(-c2ccccn2)c1.N#Cc1cccc(-c2cc[c-]c(-c3ccccn3)c2)c1.[Ir].[Ir].[Ir]. The second kappa shape index (κ2) is 44.2. The predicted molar refractivity (Wildman–Crippen MR) is 484 cm³/mol. The van der Waals surface area contributed by atoms with Gasteiger partial charge in [-0.15, -0.1) is 197 Å². The van der Waals surface area contributed by atoms with Gasteiger partial charge in [0.15, 0.2) is 0 Å². The molecule has 0 saturated heterocycles. The first kappa shape index (κ1) is 90.4. The minimum Gasteiger partial charge on any atom is -0.381 e. The number of hydrogen-bond donors (Lipinski definition) is 0. The largest absolute Gasteiger partial charge is 0.381 e. The van der Waals surface area contributed by atoms with Crippen LogP contribution >= 0.6 is 0 Å². The zero-order valence-corrected chi connectivity index (χ0v) is 76.2. The molecule has 12 heteroatoms. The molecular weight excluding hydrogens is 2010 g/mol. The topological polar surface area (TPSA) is 130 Å². The first-order valence-corrected chi connectivity index (χ1v) is 39.2. The van der Waals surface area contributed by atoms with Crippen molar-refractivity contribution < 1.29 is 60.3 Å². The minimum absolute atomic E-state index is 0. The Hall–Kier alpha value is -13.0. The molecule has 601 valence electrons. The van der Waals surface area contributed by atoms with Crippen LogP contribution in [0.5, 0.6) is 0 Å². The van der Waals surface area contributed by atoms with Crippen LogP contribution in [0.25, 0.3) is 134 Å². The maximum atomic E-state index is 8.98. The Labute approximate surface area is 752 Å². The summed E-state index contributed by atoms with van der Waals surface area (Å²) in [6.45, 7) is 22.5.